The number of carbonyl (C=O) groups excluding carboxylic acids is 1. The molecule has 1 rings (SSSR count). The number of rotatable bonds is 4. The second kappa shape index (κ2) is 6.02. The first-order valence-corrected chi connectivity index (χ1v) is 5.50. The van der Waals surface area contributed by atoms with E-state index in [4.69, 9.17) is 4.74 Å². The summed E-state index contributed by atoms with van der Waals surface area (Å²) in [6.45, 7) is 3.51. The summed E-state index contributed by atoms with van der Waals surface area (Å²) < 4.78 is 4.88. The summed E-state index contributed by atoms with van der Waals surface area (Å²) in [6.07, 6.45) is 4.50. The fourth-order valence-electron chi connectivity index (χ4n) is 1.94. The maximum Gasteiger partial charge on any atom is 0.223 e. The lowest BCUT2D eigenvalue weighted by atomic mass is 9.82. The van der Waals surface area contributed by atoms with Gasteiger partial charge in [-0.25, -0.2) is 0 Å². The SMILES string of the molecule is COCCNC(=O)C1CCC(C)CC1. The van der Waals surface area contributed by atoms with Crippen molar-refractivity contribution in [3.63, 3.8) is 0 Å². The minimum atomic E-state index is 0.217. The monoisotopic (exact) mass is 199 g/mol. The number of amides is 1. The van der Waals surface area contributed by atoms with Crippen LogP contribution in [0.1, 0.15) is 32.6 Å². The van der Waals surface area contributed by atoms with Crippen LogP contribution in [0.5, 0.6) is 0 Å². The fourth-order valence-corrected chi connectivity index (χ4v) is 1.94. The first kappa shape index (κ1) is 11.5. The van der Waals surface area contributed by atoms with Crippen LogP contribution in [0.15, 0.2) is 0 Å². The van der Waals surface area contributed by atoms with Crippen LogP contribution in [-0.4, -0.2) is 26.2 Å². The van der Waals surface area contributed by atoms with Crippen molar-refractivity contribution in [2.75, 3.05) is 20.3 Å². The molecule has 1 aliphatic carbocycles. The molecule has 0 aromatic rings. The Morgan fingerprint density at radius 3 is 2.57 bits per heavy atom. The molecule has 0 bridgehead atoms. The van der Waals surface area contributed by atoms with Gasteiger partial charge in [0, 0.05) is 19.6 Å². The minimum Gasteiger partial charge on any atom is -0.383 e. The van der Waals surface area contributed by atoms with Crippen molar-refractivity contribution in [1.82, 2.24) is 5.32 Å². The Hall–Kier alpha value is -0.570. The minimum absolute atomic E-state index is 0.217. The zero-order chi connectivity index (χ0) is 10.4. The molecule has 1 aliphatic rings. The molecule has 0 heterocycles. The molecular formula is C11H21NO2. The van der Waals surface area contributed by atoms with Gasteiger partial charge in [-0.2, -0.15) is 0 Å². The first-order chi connectivity index (χ1) is 6.74. The lowest BCUT2D eigenvalue weighted by molar-refractivity contribution is -0.126. The van der Waals surface area contributed by atoms with Crippen LogP contribution >= 0.6 is 0 Å². The lowest BCUT2D eigenvalue weighted by Crippen LogP contribution is -2.34. The summed E-state index contributed by atoms with van der Waals surface area (Å²) in [4.78, 5) is 11.6. The highest BCUT2D eigenvalue weighted by Crippen LogP contribution is 2.28. The molecule has 1 N–H and O–H groups in total. The molecule has 3 heteroatoms. The van der Waals surface area contributed by atoms with Crippen molar-refractivity contribution in [1.29, 1.82) is 0 Å². The maximum atomic E-state index is 11.6. The van der Waals surface area contributed by atoms with Crippen LogP contribution in [0, 0.1) is 11.8 Å². The van der Waals surface area contributed by atoms with Crippen LogP contribution in [-0.2, 0) is 9.53 Å². The molecule has 1 saturated carbocycles. The van der Waals surface area contributed by atoms with Crippen molar-refractivity contribution in [3.8, 4) is 0 Å². The van der Waals surface area contributed by atoms with E-state index in [2.05, 4.69) is 12.2 Å². The van der Waals surface area contributed by atoms with Gasteiger partial charge in [0.15, 0.2) is 0 Å². The third-order valence-corrected chi connectivity index (χ3v) is 2.99. The predicted octanol–water partition coefficient (Wildman–Crippen LogP) is 1.58. The molecule has 0 aromatic carbocycles. The quantitative estimate of drug-likeness (QED) is 0.698. The number of nitrogens with one attached hydrogen (secondary N) is 1. The summed E-state index contributed by atoms with van der Waals surface area (Å²) in [6, 6.07) is 0. The maximum absolute atomic E-state index is 11.6. The summed E-state index contributed by atoms with van der Waals surface area (Å²) in [5.74, 6) is 1.27. The average Bonchev–Trinajstić information content (AvgIpc) is 2.19. The van der Waals surface area contributed by atoms with Crippen LogP contribution < -0.4 is 5.32 Å². The summed E-state index contributed by atoms with van der Waals surface area (Å²) in [7, 11) is 1.65. The molecule has 0 atom stereocenters. The largest absolute Gasteiger partial charge is 0.383 e. The van der Waals surface area contributed by atoms with Gasteiger partial charge in [-0.1, -0.05) is 6.92 Å². The topological polar surface area (TPSA) is 38.3 Å². The Labute approximate surface area is 86.2 Å². The average molecular weight is 199 g/mol. The molecular weight excluding hydrogens is 178 g/mol. The van der Waals surface area contributed by atoms with Crippen molar-refractivity contribution < 1.29 is 9.53 Å². The Balaban J connectivity index is 2.17. The van der Waals surface area contributed by atoms with Gasteiger partial charge in [-0.3, -0.25) is 4.79 Å². The molecule has 0 aliphatic heterocycles. The van der Waals surface area contributed by atoms with Gasteiger partial charge in [-0.15, -0.1) is 0 Å². The zero-order valence-electron chi connectivity index (χ0n) is 9.21. The van der Waals surface area contributed by atoms with Crippen LogP contribution in [0.3, 0.4) is 0 Å². The highest BCUT2D eigenvalue weighted by Gasteiger charge is 2.23. The van der Waals surface area contributed by atoms with E-state index in [1.165, 1.54) is 12.8 Å². The number of hydrogen-bond acceptors (Lipinski definition) is 2. The molecule has 1 fully saturated rings. The molecule has 14 heavy (non-hydrogen) atoms. The van der Waals surface area contributed by atoms with E-state index in [0.29, 0.717) is 13.2 Å². The van der Waals surface area contributed by atoms with E-state index in [-0.39, 0.29) is 11.8 Å². The number of ether oxygens (including phenoxy) is 1. The number of methoxy groups -OCH3 is 1. The van der Waals surface area contributed by atoms with Crippen LogP contribution in [0.25, 0.3) is 0 Å². The highest BCUT2D eigenvalue weighted by molar-refractivity contribution is 5.78. The number of carbonyl (C=O) groups is 1. The summed E-state index contributed by atoms with van der Waals surface area (Å²) in [5.41, 5.74) is 0. The molecule has 82 valence electrons. The predicted molar refractivity (Wildman–Crippen MR) is 56.0 cm³/mol. The lowest BCUT2D eigenvalue weighted by Gasteiger charge is -2.25. The second-order valence-electron chi connectivity index (χ2n) is 4.24. The van der Waals surface area contributed by atoms with E-state index in [9.17, 15) is 4.79 Å². The summed E-state index contributed by atoms with van der Waals surface area (Å²) in [5, 5.41) is 2.90. The third-order valence-electron chi connectivity index (χ3n) is 2.99. The van der Waals surface area contributed by atoms with E-state index in [0.717, 1.165) is 18.8 Å². The van der Waals surface area contributed by atoms with Crippen LogP contribution in [0.2, 0.25) is 0 Å². The zero-order valence-corrected chi connectivity index (χ0v) is 9.21. The molecule has 0 unspecified atom stereocenters. The molecule has 0 saturated heterocycles. The van der Waals surface area contributed by atoms with E-state index in [1.54, 1.807) is 7.11 Å². The molecule has 1 amide bonds. The molecule has 0 spiro atoms. The van der Waals surface area contributed by atoms with Gasteiger partial charge < -0.3 is 10.1 Å². The molecule has 0 radical (unpaired) electrons. The van der Waals surface area contributed by atoms with E-state index < -0.39 is 0 Å². The van der Waals surface area contributed by atoms with Gasteiger partial charge in [-0.05, 0) is 31.6 Å². The molecule has 0 aromatic heterocycles. The van der Waals surface area contributed by atoms with Gasteiger partial charge in [0.25, 0.3) is 0 Å². The highest BCUT2D eigenvalue weighted by atomic mass is 16.5. The molecule has 3 nitrogen and oxygen atoms in total. The second-order valence-corrected chi connectivity index (χ2v) is 4.24. The first-order valence-electron chi connectivity index (χ1n) is 5.50. The normalized spacial score (nSPS) is 27.3. The van der Waals surface area contributed by atoms with Crippen molar-refractivity contribution in [3.05, 3.63) is 0 Å². The summed E-state index contributed by atoms with van der Waals surface area (Å²) >= 11 is 0. The standard InChI is InChI=1S/C11H21NO2/c1-9-3-5-10(6-4-9)11(13)12-7-8-14-2/h9-10H,3-8H2,1-2H3,(H,12,13). The van der Waals surface area contributed by atoms with Gasteiger partial charge >= 0.3 is 0 Å². The smallest absolute Gasteiger partial charge is 0.223 e. The van der Waals surface area contributed by atoms with Crippen molar-refractivity contribution in [2.24, 2.45) is 11.8 Å². The fraction of sp³-hybridized carbons (Fsp3) is 0.909. The van der Waals surface area contributed by atoms with E-state index >= 15 is 0 Å². The van der Waals surface area contributed by atoms with Gasteiger partial charge in [0.1, 0.15) is 0 Å². The Morgan fingerprint density at radius 2 is 2.00 bits per heavy atom. The van der Waals surface area contributed by atoms with Gasteiger partial charge in [0.05, 0.1) is 6.61 Å². The van der Waals surface area contributed by atoms with Crippen molar-refractivity contribution >= 4 is 5.91 Å². The van der Waals surface area contributed by atoms with Gasteiger partial charge in [0.2, 0.25) is 5.91 Å². The Kier molecular flexibility index (Phi) is 4.94. The Bertz CT molecular complexity index is 174. The van der Waals surface area contributed by atoms with Crippen LogP contribution in [0.4, 0.5) is 0 Å². The third kappa shape index (κ3) is 3.66. The van der Waals surface area contributed by atoms with Crippen molar-refractivity contribution in [2.45, 2.75) is 32.6 Å². The number of hydrogen-bond donors (Lipinski definition) is 1. The Morgan fingerprint density at radius 1 is 1.36 bits per heavy atom. The van der Waals surface area contributed by atoms with E-state index in [1.807, 2.05) is 0 Å².